The number of hydrogen-bond acceptors (Lipinski definition) is 7. The van der Waals surface area contributed by atoms with Crippen LogP contribution in [0.25, 0.3) is 10.9 Å². The first-order valence-electron chi connectivity index (χ1n) is 12.3. The minimum Gasteiger partial charge on any atom is -0.480 e. The van der Waals surface area contributed by atoms with Gasteiger partial charge in [-0.15, -0.1) is 0 Å². The number of aliphatic carboxylic acids is 1. The zero-order valence-electron chi connectivity index (χ0n) is 21.4. The first kappa shape index (κ1) is 30.6. The van der Waals surface area contributed by atoms with Gasteiger partial charge < -0.3 is 37.5 Å². The number of H-pyrrole nitrogens is 1. The molecule has 0 bridgehead atoms. The second-order valence-electron chi connectivity index (χ2n) is 9.51. The van der Waals surface area contributed by atoms with Crippen molar-refractivity contribution >= 4 is 53.1 Å². The fourth-order valence-corrected chi connectivity index (χ4v) is 4.05. The number of carbonyl (C=O) groups is 5. The van der Waals surface area contributed by atoms with Crippen LogP contribution in [0.15, 0.2) is 30.5 Å². The van der Waals surface area contributed by atoms with Gasteiger partial charge in [-0.25, -0.2) is 4.79 Å². The summed E-state index contributed by atoms with van der Waals surface area (Å²) >= 11 is 4.03. The van der Waals surface area contributed by atoms with Crippen LogP contribution in [0.5, 0.6) is 0 Å². The molecule has 0 aliphatic rings. The Hall–Kier alpha value is -3.58. The molecule has 4 atom stereocenters. The molecule has 0 spiro atoms. The van der Waals surface area contributed by atoms with Crippen LogP contribution in [0.4, 0.5) is 0 Å². The van der Waals surface area contributed by atoms with Crippen LogP contribution in [0.1, 0.15) is 38.7 Å². The smallest absolute Gasteiger partial charge is 0.326 e. The Labute approximate surface area is 226 Å². The molecular weight excluding hydrogens is 512 g/mol. The number of primary amides is 1. The molecule has 0 fully saturated rings. The number of carboxylic acid groups (broad SMARTS) is 1. The monoisotopic (exact) mass is 548 g/mol. The second-order valence-corrected chi connectivity index (χ2v) is 9.87. The molecule has 1 aromatic carbocycles. The van der Waals surface area contributed by atoms with Crippen molar-refractivity contribution in [3.63, 3.8) is 0 Å². The quantitative estimate of drug-likeness (QED) is 0.141. The molecule has 9 N–H and O–H groups in total. The molecule has 0 aliphatic heterocycles. The van der Waals surface area contributed by atoms with E-state index in [0.717, 1.165) is 16.5 Å². The van der Waals surface area contributed by atoms with E-state index in [-0.39, 0.29) is 37.4 Å². The number of hydrogen-bond donors (Lipinski definition) is 8. The first-order chi connectivity index (χ1) is 17.9. The van der Waals surface area contributed by atoms with E-state index < -0.39 is 53.8 Å². The fourth-order valence-electron chi connectivity index (χ4n) is 3.88. The van der Waals surface area contributed by atoms with E-state index in [1.165, 1.54) is 0 Å². The van der Waals surface area contributed by atoms with Crippen LogP contribution >= 0.6 is 12.6 Å². The summed E-state index contributed by atoms with van der Waals surface area (Å²) in [5.41, 5.74) is 12.6. The van der Waals surface area contributed by atoms with E-state index in [0.29, 0.717) is 0 Å². The maximum Gasteiger partial charge on any atom is 0.326 e. The molecule has 13 heteroatoms. The number of carbonyl (C=O) groups excluding carboxylic acids is 4. The minimum absolute atomic E-state index is 0.0260. The lowest BCUT2D eigenvalue weighted by Gasteiger charge is -2.25. The van der Waals surface area contributed by atoms with Crippen LogP contribution in [-0.2, 0) is 30.4 Å². The van der Waals surface area contributed by atoms with Crippen molar-refractivity contribution in [2.75, 3.05) is 5.75 Å². The van der Waals surface area contributed by atoms with Crippen molar-refractivity contribution in [3.8, 4) is 0 Å². The van der Waals surface area contributed by atoms with Gasteiger partial charge in [0.05, 0.1) is 6.04 Å². The summed E-state index contributed by atoms with van der Waals surface area (Å²) in [6, 6.07) is 2.84. The lowest BCUT2D eigenvalue weighted by atomic mass is 10.0. The third kappa shape index (κ3) is 9.06. The number of nitrogens with two attached hydrogens (primary N) is 2. The van der Waals surface area contributed by atoms with E-state index in [9.17, 15) is 29.1 Å². The number of carboxylic acids is 1. The highest BCUT2D eigenvalue weighted by atomic mass is 32.1. The molecule has 0 radical (unpaired) electrons. The Morgan fingerprint density at radius 2 is 1.58 bits per heavy atom. The van der Waals surface area contributed by atoms with Gasteiger partial charge >= 0.3 is 5.97 Å². The van der Waals surface area contributed by atoms with Crippen LogP contribution in [0.3, 0.4) is 0 Å². The highest BCUT2D eigenvalue weighted by molar-refractivity contribution is 7.80. The summed E-state index contributed by atoms with van der Waals surface area (Å²) in [6.07, 6.45) is 1.56. The summed E-state index contributed by atoms with van der Waals surface area (Å²) in [7, 11) is 0. The predicted molar refractivity (Wildman–Crippen MR) is 145 cm³/mol. The van der Waals surface area contributed by atoms with Gasteiger partial charge in [0.1, 0.15) is 18.1 Å². The number of nitrogens with one attached hydrogen (secondary N) is 4. The zero-order chi connectivity index (χ0) is 28.4. The molecule has 208 valence electrons. The average molecular weight is 549 g/mol. The lowest BCUT2D eigenvalue weighted by Crippen LogP contribution is -2.58. The highest BCUT2D eigenvalue weighted by Gasteiger charge is 2.31. The third-order valence-electron chi connectivity index (χ3n) is 5.90. The summed E-state index contributed by atoms with van der Waals surface area (Å²) in [6.45, 7) is 3.62. The average Bonchev–Trinajstić information content (AvgIpc) is 3.27. The summed E-state index contributed by atoms with van der Waals surface area (Å²) in [4.78, 5) is 65.1. The van der Waals surface area contributed by atoms with E-state index in [2.05, 4.69) is 33.6 Å². The van der Waals surface area contributed by atoms with Gasteiger partial charge in [-0.05, 0) is 30.4 Å². The van der Waals surface area contributed by atoms with E-state index in [1.54, 1.807) is 6.20 Å². The number of amides is 4. The highest BCUT2D eigenvalue weighted by Crippen LogP contribution is 2.19. The summed E-state index contributed by atoms with van der Waals surface area (Å²) < 4.78 is 0. The van der Waals surface area contributed by atoms with E-state index in [4.69, 9.17) is 11.5 Å². The van der Waals surface area contributed by atoms with Crippen molar-refractivity contribution in [3.05, 3.63) is 36.0 Å². The van der Waals surface area contributed by atoms with Gasteiger partial charge in [0.15, 0.2) is 0 Å². The van der Waals surface area contributed by atoms with Crippen LogP contribution in [-0.4, -0.2) is 69.6 Å². The van der Waals surface area contributed by atoms with Crippen LogP contribution < -0.4 is 27.4 Å². The number of aromatic amines is 1. The molecule has 0 saturated heterocycles. The second kappa shape index (κ2) is 14.4. The number of benzene rings is 1. The van der Waals surface area contributed by atoms with Gasteiger partial charge in [-0.2, -0.15) is 12.6 Å². The Bertz CT molecular complexity index is 1150. The molecule has 0 saturated carbocycles. The van der Waals surface area contributed by atoms with Crippen LogP contribution in [0, 0.1) is 5.92 Å². The Morgan fingerprint density at radius 1 is 0.974 bits per heavy atom. The summed E-state index contributed by atoms with van der Waals surface area (Å²) in [5.74, 6) is -4.01. The molecular formula is C25H36N6O6S. The molecule has 2 rings (SSSR count). The Balaban J connectivity index is 2.30. The molecule has 2 aromatic rings. The fraction of sp³-hybridized carbons (Fsp3) is 0.480. The number of aromatic nitrogens is 1. The van der Waals surface area contributed by atoms with Gasteiger partial charge in [0.25, 0.3) is 0 Å². The zero-order valence-corrected chi connectivity index (χ0v) is 22.3. The lowest BCUT2D eigenvalue weighted by molar-refractivity contribution is -0.143. The molecule has 4 amide bonds. The Kier molecular flexibility index (Phi) is 11.6. The number of fused-ring (bicyclic) bond motifs is 1. The predicted octanol–water partition coefficient (Wildman–Crippen LogP) is -0.182. The third-order valence-corrected chi connectivity index (χ3v) is 6.29. The van der Waals surface area contributed by atoms with E-state index in [1.807, 2.05) is 38.1 Å². The molecule has 38 heavy (non-hydrogen) atoms. The number of para-hydroxylation sites is 1. The largest absolute Gasteiger partial charge is 0.480 e. The first-order valence-corrected chi connectivity index (χ1v) is 12.9. The standard InChI is InChI=1S/C25H36N6O6S/c1-13(2)9-20(25(36)37)31-23(34)18(7-8-21(27)32)29-24(35)19(30-22(33)16(26)12-38)10-14-11-28-17-6-4-3-5-15(14)17/h3-6,11,13,16,18-20,28,38H,7-10,12,26H2,1-2H3,(H2,27,32)(H,29,35)(H,30,33)(H,31,34)(H,36,37). The molecule has 0 aliphatic carbocycles. The Morgan fingerprint density at radius 3 is 2.18 bits per heavy atom. The maximum atomic E-state index is 13.4. The maximum absolute atomic E-state index is 13.4. The van der Waals surface area contributed by atoms with Gasteiger partial charge in [0.2, 0.25) is 23.6 Å². The topological polar surface area (TPSA) is 209 Å². The minimum atomic E-state index is -1.27. The van der Waals surface area contributed by atoms with Crippen molar-refractivity contribution in [1.82, 2.24) is 20.9 Å². The SMILES string of the molecule is CC(C)CC(NC(=O)C(CCC(N)=O)NC(=O)C(Cc1c[nH]c2ccccc12)NC(=O)C(N)CS)C(=O)O. The number of thiol groups is 1. The van der Waals surface area contributed by atoms with Crippen molar-refractivity contribution in [1.29, 1.82) is 0 Å². The molecule has 1 heterocycles. The van der Waals surface area contributed by atoms with Crippen molar-refractivity contribution in [2.45, 2.75) is 63.7 Å². The van der Waals surface area contributed by atoms with E-state index >= 15 is 0 Å². The van der Waals surface area contributed by atoms with Crippen molar-refractivity contribution in [2.24, 2.45) is 17.4 Å². The molecule has 4 unspecified atom stereocenters. The van der Waals surface area contributed by atoms with Gasteiger partial charge in [-0.1, -0.05) is 32.0 Å². The van der Waals surface area contributed by atoms with Crippen molar-refractivity contribution < 1.29 is 29.1 Å². The van der Waals surface area contributed by atoms with Gasteiger partial charge in [0, 0.05) is 35.7 Å². The van der Waals surface area contributed by atoms with Crippen LogP contribution in [0.2, 0.25) is 0 Å². The van der Waals surface area contributed by atoms with Gasteiger partial charge in [-0.3, -0.25) is 19.2 Å². The normalized spacial score (nSPS) is 14.3. The molecule has 12 nitrogen and oxygen atoms in total. The summed E-state index contributed by atoms with van der Waals surface area (Å²) in [5, 5.41) is 17.9. The number of rotatable bonds is 15. The molecule has 1 aromatic heterocycles.